The second-order valence-corrected chi connectivity index (χ2v) is 6.03. The Bertz CT molecular complexity index is 755. The van der Waals surface area contributed by atoms with Gasteiger partial charge in [-0.25, -0.2) is 9.37 Å². The summed E-state index contributed by atoms with van der Waals surface area (Å²) in [5.41, 5.74) is 0.362. The van der Waals surface area contributed by atoms with Crippen LogP contribution in [0.25, 0.3) is 11.4 Å². The Kier molecular flexibility index (Phi) is 4.12. The fourth-order valence-corrected chi connectivity index (χ4v) is 3.16. The highest BCUT2D eigenvalue weighted by atomic mass is 32.2. The summed E-state index contributed by atoms with van der Waals surface area (Å²) < 4.78 is 13.6. The number of hydrogen-bond donors (Lipinski definition) is 1. The molecule has 21 heavy (non-hydrogen) atoms. The van der Waals surface area contributed by atoms with E-state index in [2.05, 4.69) is 15.2 Å². The van der Waals surface area contributed by atoms with Crippen molar-refractivity contribution in [2.75, 3.05) is 5.75 Å². The molecule has 3 aromatic rings. The van der Waals surface area contributed by atoms with E-state index < -0.39 is 0 Å². The number of thiophene rings is 1. The summed E-state index contributed by atoms with van der Waals surface area (Å²) in [6.07, 6.45) is 0. The molecule has 1 aromatic carbocycles. The van der Waals surface area contributed by atoms with Gasteiger partial charge in [0.05, 0.1) is 16.2 Å². The monoisotopic (exact) mass is 319 g/mol. The van der Waals surface area contributed by atoms with Crippen molar-refractivity contribution in [3.63, 3.8) is 0 Å². The minimum atomic E-state index is -0.361. The fourth-order valence-electron chi connectivity index (χ4n) is 1.72. The van der Waals surface area contributed by atoms with Gasteiger partial charge in [0.15, 0.2) is 11.6 Å². The van der Waals surface area contributed by atoms with Crippen LogP contribution in [0.1, 0.15) is 9.67 Å². The third-order valence-electron chi connectivity index (χ3n) is 2.72. The summed E-state index contributed by atoms with van der Waals surface area (Å²) in [4.78, 5) is 16.8. The van der Waals surface area contributed by atoms with Crippen molar-refractivity contribution in [3.8, 4) is 11.4 Å². The van der Waals surface area contributed by atoms with Crippen LogP contribution in [0.2, 0.25) is 0 Å². The molecule has 4 nitrogen and oxygen atoms in total. The lowest BCUT2D eigenvalue weighted by Crippen LogP contribution is -1.99. The van der Waals surface area contributed by atoms with Crippen molar-refractivity contribution in [1.82, 2.24) is 15.2 Å². The Labute approximate surface area is 128 Å². The van der Waals surface area contributed by atoms with Gasteiger partial charge in [0, 0.05) is 0 Å². The minimum absolute atomic E-state index is 0.0345. The number of thioether (sulfide) groups is 1. The van der Waals surface area contributed by atoms with E-state index in [1.165, 1.54) is 29.2 Å². The molecule has 0 unspecified atom stereocenters. The number of ketones is 1. The van der Waals surface area contributed by atoms with Crippen molar-refractivity contribution in [2.24, 2.45) is 0 Å². The summed E-state index contributed by atoms with van der Waals surface area (Å²) >= 11 is 2.64. The van der Waals surface area contributed by atoms with Crippen molar-refractivity contribution in [1.29, 1.82) is 0 Å². The topological polar surface area (TPSA) is 58.6 Å². The van der Waals surface area contributed by atoms with Gasteiger partial charge in [0.25, 0.3) is 0 Å². The predicted octanol–water partition coefficient (Wildman–Crippen LogP) is 3.65. The molecular weight excluding hydrogens is 309 g/mol. The van der Waals surface area contributed by atoms with Gasteiger partial charge in [-0.15, -0.1) is 16.4 Å². The van der Waals surface area contributed by atoms with Crippen molar-refractivity contribution in [2.45, 2.75) is 5.16 Å². The van der Waals surface area contributed by atoms with E-state index in [0.29, 0.717) is 21.4 Å². The lowest BCUT2D eigenvalue weighted by molar-refractivity contribution is 0.102. The van der Waals surface area contributed by atoms with Crippen LogP contribution in [0.4, 0.5) is 4.39 Å². The molecule has 2 aromatic heterocycles. The molecule has 0 spiro atoms. The summed E-state index contributed by atoms with van der Waals surface area (Å²) in [5.74, 6) is 0.293. The van der Waals surface area contributed by atoms with E-state index in [1.54, 1.807) is 24.3 Å². The molecule has 0 atom stereocenters. The average Bonchev–Trinajstić information content (AvgIpc) is 3.17. The second-order valence-electron chi connectivity index (χ2n) is 4.14. The molecule has 0 saturated heterocycles. The SMILES string of the molecule is O=C(CSc1n[nH]c(-c2ccccc2F)n1)c1cccs1. The van der Waals surface area contributed by atoms with E-state index in [9.17, 15) is 9.18 Å². The molecule has 0 amide bonds. The largest absolute Gasteiger partial charge is 0.292 e. The molecule has 0 aliphatic heterocycles. The average molecular weight is 319 g/mol. The van der Waals surface area contributed by atoms with Gasteiger partial charge < -0.3 is 0 Å². The highest BCUT2D eigenvalue weighted by Gasteiger charge is 2.12. The van der Waals surface area contributed by atoms with E-state index in [-0.39, 0.29) is 17.4 Å². The Balaban J connectivity index is 1.69. The van der Waals surface area contributed by atoms with E-state index in [0.717, 1.165) is 0 Å². The Morgan fingerprint density at radius 2 is 2.14 bits per heavy atom. The third-order valence-corrected chi connectivity index (χ3v) is 4.48. The standard InChI is InChI=1S/C14H10FN3OS2/c15-10-5-2-1-4-9(10)13-16-14(18-17-13)21-8-11(19)12-6-3-7-20-12/h1-7H,8H2,(H,16,17,18). The van der Waals surface area contributed by atoms with Crippen LogP contribution in [0.3, 0.4) is 0 Å². The number of carbonyl (C=O) groups is 1. The zero-order valence-electron chi connectivity index (χ0n) is 10.7. The van der Waals surface area contributed by atoms with Crippen LogP contribution in [-0.2, 0) is 0 Å². The van der Waals surface area contributed by atoms with Gasteiger partial charge in [-0.2, -0.15) is 0 Å². The summed E-state index contributed by atoms with van der Waals surface area (Å²) in [5, 5.41) is 8.98. The molecule has 0 aliphatic rings. The first-order valence-corrected chi connectivity index (χ1v) is 7.97. The van der Waals surface area contributed by atoms with E-state index >= 15 is 0 Å². The van der Waals surface area contributed by atoms with Crippen molar-refractivity contribution in [3.05, 3.63) is 52.5 Å². The summed E-state index contributed by atoms with van der Waals surface area (Å²) in [6.45, 7) is 0. The smallest absolute Gasteiger partial charge is 0.209 e. The molecule has 0 aliphatic carbocycles. The van der Waals surface area contributed by atoms with Gasteiger partial charge >= 0.3 is 0 Å². The van der Waals surface area contributed by atoms with E-state index in [1.807, 2.05) is 11.4 Å². The van der Waals surface area contributed by atoms with Crippen LogP contribution in [0.15, 0.2) is 46.9 Å². The number of nitrogens with one attached hydrogen (secondary N) is 1. The predicted molar refractivity (Wildman–Crippen MR) is 81.2 cm³/mol. The molecule has 0 radical (unpaired) electrons. The number of H-pyrrole nitrogens is 1. The third kappa shape index (κ3) is 3.20. The van der Waals surface area contributed by atoms with Crippen LogP contribution < -0.4 is 0 Å². The number of benzene rings is 1. The molecule has 106 valence electrons. The molecule has 2 heterocycles. The van der Waals surface area contributed by atoms with Crippen molar-refractivity contribution >= 4 is 28.9 Å². The number of Topliss-reactive ketones (excluding diaryl/α,β-unsaturated/α-hetero) is 1. The fraction of sp³-hybridized carbons (Fsp3) is 0.0714. The van der Waals surface area contributed by atoms with Gasteiger partial charge in [0.1, 0.15) is 5.82 Å². The molecular formula is C14H10FN3OS2. The number of carbonyl (C=O) groups excluding carboxylic acids is 1. The van der Waals surface area contributed by atoms with Crippen LogP contribution in [0, 0.1) is 5.82 Å². The Hall–Kier alpha value is -1.99. The molecule has 0 bridgehead atoms. The highest BCUT2D eigenvalue weighted by Crippen LogP contribution is 2.22. The number of halogens is 1. The maximum atomic E-state index is 13.6. The zero-order chi connectivity index (χ0) is 14.7. The summed E-state index contributed by atoms with van der Waals surface area (Å²) in [7, 11) is 0. The highest BCUT2D eigenvalue weighted by molar-refractivity contribution is 7.99. The number of aromatic nitrogens is 3. The summed E-state index contributed by atoms with van der Waals surface area (Å²) in [6, 6.07) is 9.96. The van der Waals surface area contributed by atoms with Crippen LogP contribution in [0.5, 0.6) is 0 Å². The van der Waals surface area contributed by atoms with Gasteiger partial charge in [-0.1, -0.05) is 30.0 Å². The molecule has 0 saturated carbocycles. The minimum Gasteiger partial charge on any atom is -0.292 e. The first-order valence-electron chi connectivity index (χ1n) is 6.11. The maximum absolute atomic E-state index is 13.6. The number of nitrogens with zero attached hydrogens (tertiary/aromatic N) is 2. The lowest BCUT2D eigenvalue weighted by Gasteiger charge is -1.96. The molecule has 3 rings (SSSR count). The maximum Gasteiger partial charge on any atom is 0.209 e. The Morgan fingerprint density at radius 1 is 1.29 bits per heavy atom. The second kappa shape index (κ2) is 6.19. The number of aromatic amines is 1. The first-order chi connectivity index (χ1) is 10.2. The first kappa shape index (κ1) is 14.0. The van der Waals surface area contributed by atoms with Gasteiger partial charge in [0.2, 0.25) is 5.16 Å². The molecule has 1 N–H and O–H groups in total. The normalized spacial score (nSPS) is 10.7. The van der Waals surface area contributed by atoms with Crippen molar-refractivity contribution < 1.29 is 9.18 Å². The van der Waals surface area contributed by atoms with Crippen LogP contribution in [-0.4, -0.2) is 26.7 Å². The van der Waals surface area contributed by atoms with Gasteiger partial charge in [-0.3, -0.25) is 9.89 Å². The number of hydrogen-bond acceptors (Lipinski definition) is 5. The zero-order valence-corrected chi connectivity index (χ0v) is 12.4. The molecule has 0 fully saturated rings. The quantitative estimate of drug-likeness (QED) is 0.576. The molecule has 7 heteroatoms. The number of rotatable bonds is 5. The Morgan fingerprint density at radius 3 is 2.90 bits per heavy atom. The van der Waals surface area contributed by atoms with Crippen LogP contribution >= 0.6 is 23.1 Å². The van der Waals surface area contributed by atoms with E-state index in [4.69, 9.17) is 0 Å². The van der Waals surface area contributed by atoms with Gasteiger partial charge in [-0.05, 0) is 23.6 Å². The lowest BCUT2D eigenvalue weighted by atomic mass is 10.2.